The van der Waals surface area contributed by atoms with Gasteiger partial charge in [0.15, 0.2) is 0 Å². The fraction of sp³-hybridized carbons (Fsp3) is 0.600. The number of aromatic nitrogens is 2. The molecular weight excluding hydrogens is 282 g/mol. The highest BCUT2D eigenvalue weighted by molar-refractivity contribution is 5.68. The number of rotatable bonds is 2. The molecule has 7 nitrogen and oxygen atoms in total. The van der Waals surface area contributed by atoms with E-state index in [-0.39, 0.29) is 12.1 Å². The van der Waals surface area contributed by atoms with E-state index in [0.717, 1.165) is 12.8 Å². The van der Waals surface area contributed by atoms with Gasteiger partial charge in [-0.3, -0.25) is 0 Å². The fourth-order valence-electron chi connectivity index (χ4n) is 2.21. The normalized spacial score (nSPS) is 16.0. The zero-order valence-corrected chi connectivity index (χ0v) is 13.2. The molecule has 2 rings (SSSR count). The molecule has 0 spiro atoms. The van der Waals surface area contributed by atoms with Gasteiger partial charge >= 0.3 is 6.09 Å². The molecule has 0 radical (unpaired) electrons. The highest BCUT2D eigenvalue weighted by Gasteiger charge is 2.27. The number of hydrogen-bond acceptors (Lipinski definition) is 6. The Labute approximate surface area is 130 Å². The van der Waals surface area contributed by atoms with Crippen LogP contribution in [0.15, 0.2) is 12.3 Å². The van der Waals surface area contributed by atoms with Gasteiger partial charge in [-0.15, -0.1) is 0 Å². The Balaban J connectivity index is 1.84. The highest BCUT2D eigenvalue weighted by Crippen LogP contribution is 2.17. The van der Waals surface area contributed by atoms with Gasteiger partial charge in [0, 0.05) is 25.3 Å². The van der Waals surface area contributed by atoms with Gasteiger partial charge in [0.1, 0.15) is 17.4 Å². The molecule has 1 fully saturated rings. The van der Waals surface area contributed by atoms with Crippen molar-refractivity contribution in [3.8, 4) is 6.07 Å². The number of ether oxygens (including phenoxy) is 1. The third kappa shape index (κ3) is 4.58. The number of anilines is 1. The molecule has 1 N–H and O–H groups in total. The Bertz CT molecular complexity index is 568. The molecule has 22 heavy (non-hydrogen) atoms. The molecule has 7 heteroatoms. The van der Waals surface area contributed by atoms with Crippen LogP contribution in [0.5, 0.6) is 0 Å². The molecule has 0 aliphatic carbocycles. The number of amides is 1. The van der Waals surface area contributed by atoms with E-state index in [0.29, 0.717) is 24.7 Å². The first kappa shape index (κ1) is 16.0. The van der Waals surface area contributed by atoms with Crippen LogP contribution in [0.3, 0.4) is 0 Å². The summed E-state index contributed by atoms with van der Waals surface area (Å²) in [6, 6.07) is 3.74. The Hall–Kier alpha value is -2.36. The maximum absolute atomic E-state index is 12.0. The molecule has 0 saturated carbocycles. The van der Waals surface area contributed by atoms with Crippen LogP contribution in [-0.4, -0.2) is 45.7 Å². The molecule has 1 aromatic heterocycles. The van der Waals surface area contributed by atoms with Gasteiger partial charge < -0.3 is 15.0 Å². The zero-order chi connectivity index (χ0) is 16.2. The van der Waals surface area contributed by atoms with Crippen LogP contribution in [-0.2, 0) is 4.74 Å². The van der Waals surface area contributed by atoms with Gasteiger partial charge in [0.25, 0.3) is 0 Å². The number of hydrogen-bond donors (Lipinski definition) is 1. The van der Waals surface area contributed by atoms with E-state index in [2.05, 4.69) is 15.3 Å². The van der Waals surface area contributed by atoms with Gasteiger partial charge in [-0.1, -0.05) is 0 Å². The lowest BCUT2D eigenvalue weighted by Crippen LogP contribution is -2.44. The number of likely N-dealkylation sites (tertiary alicyclic amines) is 1. The molecule has 1 aliphatic rings. The number of piperidine rings is 1. The second kappa shape index (κ2) is 6.60. The van der Waals surface area contributed by atoms with E-state index in [9.17, 15) is 4.79 Å². The number of nitrogens with zero attached hydrogens (tertiary/aromatic N) is 4. The van der Waals surface area contributed by atoms with Crippen LogP contribution >= 0.6 is 0 Å². The molecular formula is C15H21N5O2. The van der Waals surface area contributed by atoms with Crippen molar-refractivity contribution in [3.05, 3.63) is 18.0 Å². The minimum Gasteiger partial charge on any atom is -0.444 e. The lowest BCUT2D eigenvalue weighted by atomic mass is 10.1. The van der Waals surface area contributed by atoms with E-state index in [4.69, 9.17) is 10.00 Å². The molecule has 0 atom stereocenters. The maximum Gasteiger partial charge on any atom is 0.410 e. The van der Waals surface area contributed by atoms with Crippen molar-refractivity contribution in [2.24, 2.45) is 0 Å². The van der Waals surface area contributed by atoms with Crippen molar-refractivity contribution in [1.29, 1.82) is 5.26 Å². The van der Waals surface area contributed by atoms with Crippen LogP contribution in [0.2, 0.25) is 0 Å². The highest BCUT2D eigenvalue weighted by atomic mass is 16.6. The largest absolute Gasteiger partial charge is 0.444 e. The van der Waals surface area contributed by atoms with Crippen molar-refractivity contribution in [2.75, 3.05) is 18.4 Å². The standard InChI is InChI=1S/C15H21N5O2/c1-15(2,3)22-14(21)20-8-5-11(6-9-20)18-13-17-7-4-12(10-16)19-13/h4,7,11H,5-6,8-9H2,1-3H3,(H,17,18,19). The SMILES string of the molecule is CC(C)(C)OC(=O)N1CCC(Nc2nccc(C#N)n2)CC1. The third-order valence-electron chi connectivity index (χ3n) is 3.25. The summed E-state index contributed by atoms with van der Waals surface area (Å²) in [4.78, 5) is 21.9. The Morgan fingerprint density at radius 2 is 2.14 bits per heavy atom. The first-order chi connectivity index (χ1) is 10.4. The van der Waals surface area contributed by atoms with Gasteiger partial charge in [-0.25, -0.2) is 14.8 Å². The maximum atomic E-state index is 12.0. The quantitative estimate of drug-likeness (QED) is 0.900. The molecule has 1 aromatic rings. The third-order valence-corrected chi connectivity index (χ3v) is 3.25. The average molecular weight is 303 g/mol. The van der Waals surface area contributed by atoms with E-state index in [1.54, 1.807) is 17.2 Å². The van der Waals surface area contributed by atoms with Gasteiger partial charge in [-0.05, 0) is 39.7 Å². The summed E-state index contributed by atoms with van der Waals surface area (Å²) < 4.78 is 5.37. The molecule has 1 saturated heterocycles. The van der Waals surface area contributed by atoms with Crippen molar-refractivity contribution >= 4 is 12.0 Å². The van der Waals surface area contributed by atoms with Crippen molar-refractivity contribution < 1.29 is 9.53 Å². The Morgan fingerprint density at radius 1 is 1.45 bits per heavy atom. The lowest BCUT2D eigenvalue weighted by molar-refractivity contribution is 0.0210. The molecule has 0 unspecified atom stereocenters. The second-order valence-electron chi connectivity index (χ2n) is 6.26. The minimum atomic E-state index is -0.474. The summed E-state index contributed by atoms with van der Waals surface area (Å²) in [5.41, 5.74) is -0.138. The number of nitrogens with one attached hydrogen (secondary N) is 1. The van der Waals surface area contributed by atoms with E-state index < -0.39 is 5.60 Å². The van der Waals surface area contributed by atoms with Crippen molar-refractivity contribution in [3.63, 3.8) is 0 Å². The molecule has 1 aliphatic heterocycles. The smallest absolute Gasteiger partial charge is 0.410 e. The van der Waals surface area contributed by atoms with Crippen LogP contribution in [0.4, 0.5) is 10.7 Å². The van der Waals surface area contributed by atoms with E-state index in [1.165, 1.54) is 0 Å². The summed E-state index contributed by atoms with van der Waals surface area (Å²) >= 11 is 0. The van der Waals surface area contributed by atoms with E-state index >= 15 is 0 Å². The van der Waals surface area contributed by atoms with Gasteiger partial charge in [0.05, 0.1) is 0 Å². The summed E-state index contributed by atoms with van der Waals surface area (Å²) in [6.45, 7) is 6.84. The molecule has 0 aromatic carbocycles. The van der Waals surface area contributed by atoms with Crippen LogP contribution in [0, 0.1) is 11.3 Å². The van der Waals surface area contributed by atoms with E-state index in [1.807, 2.05) is 26.8 Å². The Kier molecular flexibility index (Phi) is 4.81. The first-order valence-electron chi connectivity index (χ1n) is 7.35. The summed E-state index contributed by atoms with van der Waals surface area (Å²) in [5, 5.41) is 12.0. The number of carbonyl (C=O) groups is 1. The van der Waals surface area contributed by atoms with Crippen LogP contribution in [0.1, 0.15) is 39.3 Å². The monoisotopic (exact) mass is 303 g/mol. The zero-order valence-electron chi connectivity index (χ0n) is 13.2. The van der Waals surface area contributed by atoms with Gasteiger partial charge in [-0.2, -0.15) is 5.26 Å². The number of carbonyl (C=O) groups excluding carboxylic acids is 1. The van der Waals surface area contributed by atoms with Crippen molar-refractivity contribution in [1.82, 2.24) is 14.9 Å². The summed E-state index contributed by atoms with van der Waals surface area (Å²) in [5.74, 6) is 0.453. The summed E-state index contributed by atoms with van der Waals surface area (Å²) in [6.07, 6.45) is 2.87. The van der Waals surface area contributed by atoms with Crippen LogP contribution in [0.25, 0.3) is 0 Å². The molecule has 1 amide bonds. The minimum absolute atomic E-state index is 0.188. The molecule has 2 heterocycles. The van der Waals surface area contributed by atoms with Crippen molar-refractivity contribution in [2.45, 2.75) is 45.3 Å². The average Bonchev–Trinajstić information content (AvgIpc) is 2.46. The van der Waals surface area contributed by atoms with Crippen LogP contribution < -0.4 is 5.32 Å². The van der Waals surface area contributed by atoms with Gasteiger partial charge in [0.2, 0.25) is 5.95 Å². The number of nitriles is 1. The second-order valence-corrected chi connectivity index (χ2v) is 6.26. The Morgan fingerprint density at radius 3 is 2.73 bits per heavy atom. The topological polar surface area (TPSA) is 91.1 Å². The molecule has 118 valence electrons. The fourth-order valence-corrected chi connectivity index (χ4v) is 2.21. The first-order valence-corrected chi connectivity index (χ1v) is 7.35. The molecule has 0 bridgehead atoms. The predicted octanol–water partition coefficient (Wildman–Crippen LogP) is 2.16. The summed E-state index contributed by atoms with van der Waals surface area (Å²) in [7, 11) is 0. The lowest BCUT2D eigenvalue weighted by Gasteiger charge is -2.33. The predicted molar refractivity (Wildman–Crippen MR) is 81.2 cm³/mol.